The van der Waals surface area contributed by atoms with E-state index in [2.05, 4.69) is 18.3 Å². The van der Waals surface area contributed by atoms with E-state index in [-0.39, 0.29) is 11.2 Å². The van der Waals surface area contributed by atoms with Gasteiger partial charge in [0, 0.05) is 11.1 Å². The van der Waals surface area contributed by atoms with E-state index in [1.165, 1.54) is 12.1 Å². The summed E-state index contributed by atoms with van der Waals surface area (Å²) >= 11 is 0. The predicted molar refractivity (Wildman–Crippen MR) is 61.4 cm³/mol. The van der Waals surface area contributed by atoms with Crippen LogP contribution in [0, 0.1) is 22.6 Å². The fourth-order valence-corrected chi connectivity index (χ4v) is 1.86. The molecule has 2 nitrogen and oxygen atoms in total. The Morgan fingerprint density at radius 1 is 1.50 bits per heavy atom. The molecule has 0 spiro atoms. The summed E-state index contributed by atoms with van der Waals surface area (Å²) in [7, 11) is 0. The molecular formula is C13H15FN2. The van der Waals surface area contributed by atoms with Crippen LogP contribution in [0.15, 0.2) is 24.3 Å². The highest BCUT2D eigenvalue weighted by Crippen LogP contribution is 2.54. The van der Waals surface area contributed by atoms with Gasteiger partial charge in [0.25, 0.3) is 0 Å². The maximum absolute atomic E-state index is 13.0. The van der Waals surface area contributed by atoms with Crippen molar-refractivity contribution in [2.75, 3.05) is 5.32 Å². The summed E-state index contributed by atoms with van der Waals surface area (Å²) in [4.78, 5) is 0. The average molecular weight is 218 g/mol. The molecule has 84 valence electrons. The summed E-state index contributed by atoms with van der Waals surface area (Å²) in [5.74, 6) is -0.286. The van der Waals surface area contributed by atoms with Gasteiger partial charge in [-0.2, -0.15) is 5.26 Å². The van der Waals surface area contributed by atoms with Crippen molar-refractivity contribution in [3.05, 3.63) is 30.1 Å². The highest BCUT2D eigenvalue weighted by molar-refractivity contribution is 5.49. The lowest BCUT2D eigenvalue weighted by molar-refractivity contribution is 0.405. The first kappa shape index (κ1) is 10.9. The van der Waals surface area contributed by atoms with Gasteiger partial charge in [-0.05, 0) is 38.0 Å². The zero-order valence-corrected chi connectivity index (χ0v) is 9.55. The Balaban J connectivity index is 2.23. The Morgan fingerprint density at radius 2 is 2.19 bits per heavy atom. The van der Waals surface area contributed by atoms with Crippen LogP contribution in [-0.2, 0) is 0 Å². The van der Waals surface area contributed by atoms with Gasteiger partial charge < -0.3 is 5.32 Å². The molecule has 3 heteroatoms. The maximum Gasteiger partial charge on any atom is 0.127 e. The van der Waals surface area contributed by atoms with Gasteiger partial charge in [0.15, 0.2) is 0 Å². The van der Waals surface area contributed by atoms with E-state index in [0.717, 1.165) is 12.8 Å². The lowest BCUT2D eigenvalue weighted by Crippen LogP contribution is -2.41. The van der Waals surface area contributed by atoms with Crippen molar-refractivity contribution in [1.82, 2.24) is 0 Å². The summed E-state index contributed by atoms with van der Waals surface area (Å²) < 4.78 is 13.0. The van der Waals surface area contributed by atoms with Crippen LogP contribution in [0.3, 0.4) is 0 Å². The Labute approximate surface area is 95.1 Å². The standard InChI is InChI=1S/C13H15FN2/c1-12(6-7-12)13(2,9-15)16-11-5-3-4-10(14)8-11/h3-5,8,16H,6-7H2,1-2H3. The number of nitrogens with zero attached hydrogens (tertiary/aromatic N) is 1. The minimum atomic E-state index is -0.624. The van der Waals surface area contributed by atoms with Crippen LogP contribution < -0.4 is 5.32 Å². The van der Waals surface area contributed by atoms with Gasteiger partial charge in [-0.3, -0.25) is 0 Å². The van der Waals surface area contributed by atoms with E-state index in [1.54, 1.807) is 12.1 Å². The fraction of sp³-hybridized carbons (Fsp3) is 0.462. The van der Waals surface area contributed by atoms with E-state index in [4.69, 9.17) is 0 Å². The molecule has 2 rings (SSSR count). The van der Waals surface area contributed by atoms with E-state index in [1.807, 2.05) is 6.92 Å². The number of nitrogens with one attached hydrogen (secondary N) is 1. The number of benzene rings is 1. The summed E-state index contributed by atoms with van der Waals surface area (Å²) in [6.45, 7) is 3.97. The SMILES string of the molecule is CC1(C(C)(C#N)Nc2cccc(F)c2)CC1. The number of hydrogen-bond donors (Lipinski definition) is 1. The average Bonchev–Trinajstić information content (AvgIpc) is 2.98. The third kappa shape index (κ3) is 1.76. The van der Waals surface area contributed by atoms with E-state index < -0.39 is 5.54 Å². The number of halogens is 1. The van der Waals surface area contributed by atoms with Gasteiger partial charge in [-0.25, -0.2) is 4.39 Å². The molecule has 0 saturated heterocycles. The molecule has 1 aromatic rings. The zero-order chi connectivity index (χ0) is 11.8. The predicted octanol–water partition coefficient (Wildman–Crippen LogP) is 3.32. The minimum absolute atomic E-state index is 0.00800. The van der Waals surface area contributed by atoms with E-state index in [9.17, 15) is 9.65 Å². The molecular weight excluding hydrogens is 203 g/mol. The molecule has 1 unspecified atom stereocenters. The van der Waals surface area contributed by atoms with Crippen LogP contribution in [-0.4, -0.2) is 5.54 Å². The molecule has 1 aliphatic rings. The molecule has 1 saturated carbocycles. The summed E-state index contributed by atoms with van der Waals surface area (Å²) in [5, 5.41) is 12.4. The second-order valence-electron chi connectivity index (χ2n) is 4.93. The Kier molecular flexibility index (Phi) is 2.38. The van der Waals surface area contributed by atoms with Crippen molar-refractivity contribution in [3.63, 3.8) is 0 Å². The first-order chi connectivity index (χ1) is 7.49. The molecule has 1 atom stereocenters. The lowest BCUT2D eigenvalue weighted by Gasteiger charge is -2.31. The molecule has 0 amide bonds. The lowest BCUT2D eigenvalue weighted by atomic mass is 9.85. The van der Waals surface area contributed by atoms with Gasteiger partial charge in [0.1, 0.15) is 11.4 Å². The normalized spacial score (nSPS) is 20.6. The first-order valence-electron chi connectivity index (χ1n) is 5.44. The molecule has 0 bridgehead atoms. The van der Waals surface area contributed by atoms with E-state index in [0.29, 0.717) is 5.69 Å². The zero-order valence-electron chi connectivity index (χ0n) is 9.55. The van der Waals surface area contributed by atoms with Gasteiger partial charge >= 0.3 is 0 Å². The summed E-state index contributed by atoms with van der Waals surface area (Å²) in [5.41, 5.74) is 0.0478. The molecule has 1 aliphatic carbocycles. The fourth-order valence-electron chi connectivity index (χ4n) is 1.86. The van der Waals surface area contributed by atoms with Crippen LogP contribution in [0.25, 0.3) is 0 Å². The number of nitriles is 1. The first-order valence-corrected chi connectivity index (χ1v) is 5.44. The Bertz CT molecular complexity index is 445. The second kappa shape index (κ2) is 3.48. The van der Waals surface area contributed by atoms with E-state index >= 15 is 0 Å². The quantitative estimate of drug-likeness (QED) is 0.844. The highest BCUT2D eigenvalue weighted by Gasteiger charge is 2.53. The van der Waals surface area contributed by atoms with Crippen molar-refractivity contribution in [3.8, 4) is 6.07 Å². The van der Waals surface area contributed by atoms with Crippen LogP contribution in [0.5, 0.6) is 0 Å². The molecule has 16 heavy (non-hydrogen) atoms. The highest BCUT2D eigenvalue weighted by atomic mass is 19.1. The second-order valence-corrected chi connectivity index (χ2v) is 4.93. The molecule has 1 N–H and O–H groups in total. The van der Waals surface area contributed by atoms with Crippen LogP contribution >= 0.6 is 0 Å². The smallest absolute Gasteiger partial charge is 0.127 e. The maximum atomic E-state index is 13.0. The third-order valence-corrected chi connectivity index (χ3v) is 3.65. The number of rotatable bonds is 3. The minimum Gasteiger partial charge on any atom is -0.367 e. The molecule has 0 radical (unpaired) electrons. The molecule has 0 aromatic heterocycles. The monoisotopic (exact) mass is 218 g/mol. The van der Waals surface area contributed by atoms with Crippen LogP contribution in [0.2, 0.25) is 0 Å². The summed E-state index contributed by atoms with van der Waals surface area (Å²) in [6, 6.07) is 8.56. The molecule has 0 heterocycles. The van der Waals surface area contributed by atoms with Crippen molar-refractivity contribution in [2.24, 2.45) is 5.41 Å². The number of hydrogen-bond acceptors (Lipinski definition) is 2. The van der Waals surface area contributed by atoms with Crippen molar-refractivity contribution in [1.29, 1.82) is 5.26 Å². The Hall–Kier alpha value is -1.56. The van der Waals surface area contributed by atoms with Crippen molar-refractivity contribution >= 4 is 5.69 Å². The topological polar surface area (TPSA) is 35.8 Å². The van der Waals surface area contributed by atoms with Crippen LogP contribution in [0.4, 0.5) is 10.1 Å². The van der Waals surface area contributed by atoms with Gasteiger partial charge in [-0.15, -0.1) is 0 Å². The molecule has 1 aromatic carbocycles. The Morgan fingerprint density at radius 3 is 2.69 bits per heavy atom. The van der Waals surface area contributed by atoms with Gasteiger partial charge in [0.05, 0.1) is 6.07 Å². The van der Waals surface area contributed by atoms with Crippen molar-refractivity contribution < 1.29 is 4.39 Å². The molecule has 0 aliphatic heterocycles. The molecule has 1 fully saturated rings. The third-order valence-electron chi connectivity index (χ3n) is 3.65. The van der Waals surface area contributed by atoms with Gasteiger partial charge in [0.2, 0.25) is 0 Å². The van der Waals surface area contributed by atoms with Crippen LogP contribution in [0.1, 0.15) is 26.7 Å². The summed E-state index contributed by atoms with van der Waals surface area (Å²) in [6.07, 6.45) is 2.08. The van der Waals surface area contributed by atoms with Gasteiger partial charge in [-0.1, -0.05) is 13.0 Å². The van der Waals surface area contributed by atoms with Crippen molar-refractivity contribution in [2.45, 2.75) is 32.2 Å². The largest absolute Gasteiger partial charge is 0.367 e. The number of anilines is 1.